The zero-order chi connectivity index (χ0) is 21.7. The van der Waals surface area contributed by atoms with Gasteiger partial charge in [0.05, 0.1) is 4.92 Å². The number of aryl methyl sites for hydroxylation is 2. The van der Waals surface area contributed by atoms with Crippen LogP contribution < -0.4 is 10.1 Å². The van der Waals surface area contributed by atoms with Gasteiger partial charge in [0.15, 0.2) is 12.4 Å². The van der Waals surface area contributed by atoms with Gasteiger partial charge in [0.25, 0.3) is 11.6 Å². The Morgan fingerprint density at radius 1 is 0.933 bits per heavy atom. The maximum Gasteiger partial charge on any atom is 0.270 e. The fourth-order valence-electron chi connectivity index (χ4n) is 2.77. The molecule has 152 valence electrons. The molecule has 7 nitrogen and oxygen atoms in total. The molecule has 30 heavy (non-hydrogen) atoms. The van der Waals surface area contributed by atoms with E-state index in [1.165, 1.54) is 24.3 Å². The lowest BCUT2D eigenvalue weighted by Crippen LogP contribution is -2.13. The first kappa shape index (κ1) is 20.7. The lowest BCUT2D eigenvalue weighted by atomic mass is 10.0. The summed E-state index contributed by atoms with van der Waals surface area (Å²) in [5, 5.41) is 13.5. The molecular weight excluding hydrogens is 384 g/mol. The number of nitro benzene ring substituents is 1. The highest BCUT2D eigenvalue weighted by Gasteiger charge is 2.12. The molecule has 3 rings (SSSR count). The van der Waals surface area contributed by atoms with Gasteiger partial charge >= 0.3 is 0 Å². The molecule has 0 aromatic heterocycles. The lowest BCUT2D eigenvalue weighted by Gasteiger charge is -2.10. The minimum atomic E-state index is -0.558. The van der Waals surface area contributed by atoms with Crippen molar-refractivity contribution in [1.82, 2.24) is 0 Å². The average molecular weight is 404 g/mol. The van der Waals surface area contributed by atoms with Crippen molar-refractivity contribution in [2.24, 2.45) is 0 Å². The van der Waals surface area contributed by atoms with Crippen molar-refractivity contribution < 1.29 is 19.2 Å². The third-order valence-electron chi connectivity index (χ3n) is 4.61. The molecule has 0 aliphatic heterocycles. The summed E-state index contributed by atoms with van der Waals surface area (Å²) in [4.78, 5) is 35.1. The normalized spacial score (nSPS) is 10.3. The zero-order valence-electron chi connectivity index (χ0n) is 16.5. The number of anilines is 1. The summed E-state index contributed by atoms with van der Waals surface area (Å²) >= 11 is 0. The fraction of sp³-hybridized carbons (Fsp3) is 0.130. The van der Waals surface area contributed by atoms with Gasteiger partial charge in [-0.15, -0.1) is 0 Å². The first-order chi connectivity index (χ1) is 14.3. The summed E-state index contributed by atoms with van der Waals surface area (Å²) in [5.74, 6) is -0.213. The highest BCUT2D eigenvalue weighted by molar-refractivity contribution is 6.04. The molecule has 0 heterocycles. The van der Waals surface area contributed by atoms with Crippen LogP contribution in [-0.4, -0.2) is 23.2 Å². The van der Waals surface area contributed by atoms with Crippen molar-refractivity contribution in [2.45, 2.75) is 13.8 Å². The molecule has 3 aromatic carbocycles. The summed E-state index contributed by atoms with van der Waals surface area (Å²) < 4.78 is 5.58. The largest absolute Gasteiger partial charge is 0.485 e. The molecule has 0 fully saturated rings. The third kappa shape index (κ3) is 5.08. The van der Waals surface area contributed by atoms with Crippen LogP contribution in [0.3, 0.4) is 0 Å². The highest BCUT2D eigenvalue weighted by Crippen LogP contribution is 2.20. The maximum absolute atomic E-state index is 12.4. The summed E-state index contributed by atoms with van der Waals surface area (Å²) in [6, 6.07) is 17.6. The average Bonchev–Trinajstić information content (AvgIpc) is 2.74. The van der Waals surface area contributed by atoms with Gasteiger partial charge in [-0.2, -0.15) is 0 Å². The summed E-state index contributed by atoms with van der Waals surface area (Å²) in [6.45, 7) is 3.79. The Kier molecular flexibility index (Phi) is 6.22. The van der Waals surface area contributed by atoms with E-state index in [1.54, 1.807) is 30.3 Å². The molecule has 0 atom stereocenters. The van der Waals surface area contributed by atoms with Crippen molar-refractivity contribution in [3.8, 4) is 5.75 Å². The van der Waals surface area contributed by atoms with Gasteiger partial charge in [-0.3, -0.25) is 19.7 Å². The van der Waals surface area contributed by atoms with E-state index in [9.17, 15) is 19.7 Å². The quantitative estimate of drug-likeness (QED) is 0.349. The Morgan fingerprint density at radius 3 is 2.43 bits per heavy atom. The van der Waals surface area contributed by atoms with Gasteiger partial charge in [-0.1, -0.05) is 24.3 Å². The minimum Gasteiger partial charge on any atom is -0.485 e. The van der Waals surface area contributed by atoms with Crippen LogP contribution >= 0.6 is 0 Å². The van der Waals surface area contributed by atoms with E-state index in [0.29, 0.717) is 17.0 Å². The molecule has 0 aliphatic carbocycles. The second-order valence-corrected chi connectivity index (χ2v) is 6.80. The van der Waals surface area contributed by atoms with E-state index in [-0.39, 0.29) is 23.6 Å². The summed E-state index contributed by atoms with van der Waals surface area (Å²) in [5.41, 5.74) is 3.17. The standard InChI is InChI=1S/C23H20N2O5/c1-15-9-10-17(11-16(15)2)22(26)14-30-21-8-4-6-19(13-21)24-23(27)18-5-3-7-20(12-18)25(28)29/h3-13H,14H2,1-2H3,(H,24,27). The van der Waals surface area contributed by atoms with E-state index >= 15 is 0 Å². The van der Waals surface area contributed by atoms with Crippen LogP contribution in [0, 0.1) is 24.0 Å². The smallest absolute Gasteiger partial charge is 0.270 e. The molecule has 1 amide bonds. The van der Waals surface area contributed by atoms with Crippen LogP contribution in [0.2, 0.25) is 0 Å². The van der Waals surface area contributed by atoms with E-state index in [4.69, 9.17) is 4.74 Å². The van der Waals surface area contributed by atoms with Crippen LogP contribution in [0.4, 0.5) is 11.4 Å². The van der Waals surface area contributed by atoms with Gasteiger partial charge < -0.3 is 10.1 Å². The number of hydrogen-bond acceptors (Lipinski definition) is 5. The monoisotopic (exact) mass is 404 g/mol. The molecule has 0 saturated carbocycles. The molecule has 0 radical (unpaired) electrons. The Balaban J connectivity index is 1.65. The van der Waals surface area contributed by atoms with Crippen molar-refractivity contribution in [3.05, 3.63) is 99.1 Å². The Labute approximate surface area is 173 Å². The Hall–Kier alpha value is -4.00. The van der Waals surface area contributed by atoms with E-state index in [0.717, 1.165) is 11.1 Å². The van der Waals surface area contributed by atoms with Crippen LogP contribution in [0.15, 0.2) is 66.7 Å². The predicted molar refractivity (Wildman–Crippen MR) is 113 cm³/mol. The topological polar surface area (TPSA) is 98.5 Å². The molecule has 0 saturated heterocycles. The zero-order valence-corrected chi connectivity index (χ0v) is 16.5. The predicted octanol–water partition coefficient (Wildman–Crippen LogP) is 4.73. The number of nitrogens with one attached hydrogen (secondary N) is 1. The number of carbonyl (C=O) groups is 2. The van der Waals surface area contributed by atoms with Gasteiger partial charge in [-0.05, 0) is 49.2 Å². The maximum atomic E-state index is 12.4. The first-order valence-corrected chi connectivity index (χ1v) is 9.22. The molecule has 0 spiro atoms. The second kappa shape index (κ2) is 9.00. The minimum absolute atomic E-state index is 0.134. The van der Waals surface area contributed by atoms with Crippen molar-refractivity contribution in [2.75, 3.05) is 11.9 Å². The highest BCUT2D eigenvalue weighted by atomic mass is 16.6. The van der Waals surface area contributed by atoms with E-state index in [2.05, 4.69) is 5.32 Å². The molecule has 3 aromatic rings. The van der Waals surface area contributed by atoms with Crippen molar-refractivity contribution >= 4 is 23.1 Å². The molecule has 7 heteroatoms. The lowest BCUT2D eigenvalue weighted by molar-refractivity contribution is -0.384. The number of non-ortho nitro benzene ring substituents is 1. The molecular formula is C23H20N2O5. The van der Waals surface area contributed by atoms with Crippen LogP contribution in [-0.2, 0) is 0 Å². The van der Waals surface area contributed by atoms with E-state index in [1.807, 2.05) is 26.0 Å². The van der Waals surface area contributed by atoms with Gasteiger partial charge in [0.1, 0.15) is 5.75 Å². The first-order valence-electron chi connectivity index (χ1n) is 9.22. The third-order valence-corrected chi connectivity index (χ3v) is 4.61. The number of nitrogens with zero attached hydrogens (tertiary/aromatic N) is 1. The number of carbonyl (C=O) groups excluding carboxylic acids is 2. The number of nitro groups is 1. The number of benzene rings is 3. The van der Waals surface area contributed by atoms with Crippen LogP contribution in [0.5, 0.6) is 5.75 Å². The van der Waals surface area contributed by atoms with Crippen molar-refractivity contribution in [1.29, 1.82) is 0 Å². The number of Topliss-reactive ketones (excluding diaryl/α,β-unsaturated/α-hetero) is 1. The molecule has 0 bridgehead atoms. The molecule has 0 aliphatic rings. The Bertz CT molecular complexity index is 1120. The van der Waals surface area contributed by atoms with Gasteiger partial charge in [0.2, 0.25) is 0 Å². The number of ketones is 1. The SMILES string of the molecule is Cc1ccc(C(=O)COc2cccc(NC(=O)c3cccc([N+](=O)[O-])c3)c2)cc1C. The Morgan fingerprint density at radius 2 is 1.70 bits per heavy atom. The van der Waals surface area contributed by atoms with Crippen LogP contribution in [0.1, 0.15) is 31.8 Å². The number of hydrogen-bond donors (Lipinski definition) is 1. The molecule has 0 unspecified atom stereocenters. The van der Waals surface area contributed by atoms with Crippen LogP contribution in [0.25, 0.3) is 0 Å². The number of ether oxygens (including phenoxy) is 1. The fourth-order valence-corrected chi connectivity index (χ4v) is 2.77. The van der Waals surface area contributed by atoms with Gasteiger partial charge in [-0.25, -0.2) is 0 Å². The number of amides is 1. The van der Waals surface area contributed by atoms with Crippen molar-refractivity contribution in [3.63, 3.8) is 0 Å². The van der Waals surface area contributed by atoms with Gasteiger partial charge in [0, 0.05) is 35.0 Å². The summed E-state index contributed by atoms with van der Waals surface area (Å²) in [6.07, 6.45) is 0. The molecule has 1 N–H and O–H groups in total. The summed E-state index contributed by atoms with van der Waals surface area (Å²) in [7, 11) is 0. The number of rotatable bonds is 7. The second-order valence-electron chi connectivity index (χ2n) is 6.80. The van der Waals surface area contributed by atoms with E-state index < -0.39 is 10.8 Å².